The minimum absolute atomic E-state index is 0.422. The second-order valence-electron chi connectivity index (χ2n) is 3.00. The van der Waals surface area contributed by atoms with Gasteiger partial charge in [-0.1, -0.05) is 13.3 Å². The first-order valence-electron chi connectivity index (χ1n) is 4.08. The van der Waals surface area contributed by atoms with Crippen molar-refractivity contribution in [3.63, 3.8) is 0 Å². The monoisotopic (exact) mass is 174 g/mol. The van der Waals surface area contributed by atoms with E-state index in [4.69, 9.17) is 5.11 Å². The van der Waals surface area contributed by atoms with Gasteiger partial charge in [-0.15, -0.1) is 11.8 Å². The molecule has 0 spiro atoms. The third-order valence-electron chi connectivity index (χ3n) is 2.15. The lowest BCUT2D eigenvalue weighted by atomic mass is 9.98. The molecule has 1 rings (SSSR count). The Morgan fingerprint density at radius 2 is 2.45 bits per heavy atom. The highest BCUT2D eigenvalue weighted by molar-refractivity contribution is 8.01. The normalized spacial score (nSPS) is 30.6. The molecule has 0 amide bonds. The van der Waals surface area contributed by atoms with E-state index in [0.29, 0.717) is 0 Å². The van der Waals surface area contributed by atoms with Gasteiger partial charge in [-0.05, 0) is 25.0 Å². The van der Waals surface area contributed by atoms with Crippen molar-refractivity contribution in [3.05, 3.63) is 0 Å². The Kier molecular flexibility index (Phi) is 2.82. The molecule has 64 valence electrons. The number of rotatable bonds is 3. The number of aliphatic carboxylic acids is 1. The van der Waals surface area contributed by atoms with Crippen LogP contribution in [0.5, 0.6) is 0 Å². The predicted octanol–water partition coefficient (Wildman–Crippen LogP) is 2.14. The summed E-state index contributed by atoms with van der Waals surface area (Å²) >= 11 is 1.62. The fourth-order valence-electron chi connectivity index (χ4n) is 1.57. The second kappa shape index (κ2) is 3.48. The van der Waals surface area contributed by atoms with Crippen molar-refractivity contribution >= 4 is 17.7 Å². The van der Waals surface area contributed by atoms with Crippen LogP contribution in [-0.2, 0) is 4.79 Å². The standard InChI is InChI=1S/C8H14O2S/c1-2-4-8(7(9)10)5-3-6-11-8/h2-6H2,1H3,(H,9,10). The first-order chi connectivity index (χ1) is 5.21. The summed E-state index contributed by atoms with van der Waals surface area (Å²) in [5.41, 5.74) is 0. The van der Waals surface area contributed by atoms with Crippen molar-refractivity contribution in [2.75, 3.05) is 5.75 Å². The zero-order valence-corrected chi connectivity index (χ0v) is 7.62. The van der Waals surface area contributed by atoms with Gasteiger partial charge < -0.3 is 5.11 Å². The minimum Gasteiger partial charge on any atom is -0.480 e. The molecular formula is C8H14O2S. The maximum absolute atomic E-state index is 10.9. The number of hydrogen-bond acceptors (Lipinski definition) is 2. The smallest absolute Gasteiger partial charge is 0.319 e. The molecule has 0 radical (unpaired) electrons. The first kappa shape index (κ1) is 8.91. The zero-order valence-electron chi connectivity index (χ0n) is 6.80. The molecule has 11 heavy (non-hydrogen) atoms. The van der Waals surface area contributed by atoms with Gasteiger partial charge in [0.1, 0.15) is 4.75 Å². The number of hydrogen-bond donors (Lipinski definition) is 1. The maximum Gasteiger partial charge on any atom is 0.319 e. The van der Waals surface area contributed by atoms with E-state index >= 15 is 0 Å². The predicted molar refractivity (Wildman–Crippen MR) is 47.0 cm³/mol. The van der Waals surface area contributed by atoms with Crippen LogP contribution in [0.2, 0.25) is 0 Å². The Bertz CT molecular complexity index is 150. The molecule has 1 aliphatic rings. The Morgan fingerprint density at radius 3 is 2.82 bits per heavy atom. The zero-order chi connectivity index (χ0) is 8.32. The highest BCUT2D eigenvalue weighted by atomic mass is 32.2. The van der Waals surface area contributed by atoms with Gasteiger partial charge in [0, 0.05) is 0 Å². The molecule has 0 bridgehead atoms. The van der Waals surface area contributed by atoms with E-state index in [1.54, 1.807) is 11.8 Å². The van der Waals surface area contributed by atoms with Gasteiger partial charge >= 0.3 is 5.97 Å². The van der Waals surface area contributed by atoms with Crippen LogP contribution in [-0.4, -0.2) is 21.6 Å². The molecule has 1 aliphatic heterocycles. The molecule has 3 heteroatoms. The van der Waals surface area contributed by atoms with E-state index in [-0.39, 0.29) is 0 Å². The SMILES string of the molecule is CCCC1(C(=O)O)CCCS1. The summed E-state index contributed by atoms with van der Waals surface area (Å²) in [4.78, 5) is 10.9. The average molecular weight is 174 g/mol. The molecule has 0 aromatic heterocycles. The third-order valence-corrected chi connectivity index (χ3v) is 3.78. The van der Waals surface area contributed by atoms with Crippen molar-refractivity contribution in [3.8, 4) is 0 Å². The molecule has 0 aliphatic carbocycles. The molecule has 0 saturated carbocycles. The van der Waals surface area contributed by atoms with Crippen LogP contribution < -0.4 is 0 Å². The summed E-state index contributed by atoms with van der Waals surface area (Å²) in [6.45, 7) is 2.05. The first-order valence-corrected chi connectivity index (χ1v) is 5.07. The third kappa shape index (κ3) is 1.70. The molecule has 1 unspecified atom stereocenters. The van der Waals surface area contributed by atoms with Crippen LogP contribution >= 0.6 is 11.8 Å². The van der Waals surface area contributed by atoms with Crippen molar-refractivity contribution in [1.29, 1.82) is 0 Å². The Morgan fingerprint density at radius 1 is 1.73 bits per heavy atom. The quantitative estimate of drug-likeness (QED) is 0.712. The van der Waals surface area contributed by atoms with Gasteiger partial charge in [-0.2, -0.15) is 0 Å². The maximum atomic E-state index is 10.9. The summed E-state index contributed by atoms with van der Waals surface area (Å²) in [5, 5.41) is 8.97. The van der Waals surface area contributed by atoms with E-state index in [9.17, 15) is 4.79 Å². The molecule has 2 nitrogen and oxygen atoms in total. The van der Waals surface area contributed by atoms with Gasteiger partial charge in [0.15, 0.2) is 0 Å². The van der Waals surface area contributed by atoms with Crippen LogP contribution in [0.4, 0.5) is 0 Å². The fraction of sp³-hybridized carbons (Fsp3) is 0.875. The number of carboxylic acid groups (broad SMARTS) is 1. The van der Waals surface area contributed by atoms with Crippen LogP contribution in [0.15, 0.2) is 0 Å². The molecular weight excluding hydrogens is 160 g/mol. The van der Waals surface area contributed by atoms with Gasteiger partial charge in [0.2, 0.25) is 0 Å². The number of carbonyl (C=O) groups is 1. The summed E-state index contributed by atoms with van der Waals surface area (Å²) in [5.74, 6) is 0.411. The van der Waals surface area contributed by atoms with E-state index in [2.05, 4.69) is 0 Å². The van der Waals surface area contributed by atoms with Crippen LogP contribution in [0.1, 0.15) is 32.6 Å². The summed E-state index contributed by atoms with van der Waals surface area (Å²) < 4.78 is -0.422. The van der Waals surface area contributed by atoms with E-state index in [1.807, 2.05) is 6.92 Å². The molecule has 0 aromatic carbocycles. The van der Waals surface area contributed by atoms with Crippen molar-refractivity contribution < 1.29 is 9.90 Å². The Hall–Kier alpha value is -0.180. The molecule has 1 saturated heterocycles. The summed E-state index contributed by atoms with van der Waals surface area (Å²) in [7, 11) is 0. The molecule has 1 fully saturated rings. The van der Waals surface area contributed by atoms with Gasteiger partial charge in [0.05, 0.1) is 0 Å². The van der Waals surface area contributed by atoms with E-state index in [0.717, 1.165) is 31.4 Å². The highest BCUT2D eigenvalue weighted by Crippen LogP contribution is 2.41. The highest BCUT2D eigenvalue weighted by Gasteiger charge is 2.40. The second-order valence-corrected chi connectivity index (χ2v) is 4.48. The topological polar surface area (TPSA) is 37.3 Å². The molecule has 0 aromatic rings. The molecule has 1 heterocycles. The van der Waals surface area contributed by atoms with Crippen LogP contribution in [0.3, 0.4) is 0 Å². The van der Waals surface area contributed by atoms with E-state index in [1.165, 1.54) is 0 Å². The molecule has 1 N–H and O–H groups in total. The lowest BCUT2D eigenvalue weighted by Gasteiger charge is -2.21. The largest absolute Gasteiger partial charge is 0.480 e. The van der Waals surface area contributed by atoms with Gasteiger partial charge in [-0.3, -0.25) is 4.79 Å². The lowest BCUT2D eigenvalue weighted by Crippen LogP contribution is -2.31. The number of carboxylic acids is 1. The number of thioether (sulfide) groups is 1. The van der Waals surface area contributed by atoms with Gasteiger partial charge in [-0.25, -0.2) is 0 Å². The summed E-state index contributed by atoms with van der Waals surface area (Å²) in [6, 6.07) is 0. The molecule has 1 atom stereocenters. The van der Waals surface area contributed by atoms with Crippen LogP contribution in [0, 0.1) is 0 Å². The Balaban J connectivity index is 2.62. The van der Waals surface area contributed by atoms with Gasteiger partial charge in [0.25, 0.3) is 0 Å². The van der Waals surface area contributed by atoms with E-state index < -0.39 is 10.7 Å². The van der Waals surface area contributed by atoms with Crippen molar-refractivity contribution in [2.24, 2.45) is 0 Å². The minimum atomic E-state index is -0.609. The van der Waals surface area contributed by atoms with Crippen molar-refractivity contribution in [1.82, 2.24) is 0 Å². The van der Waals surface area contributed by atoms with Crippen molar-refractivity contribution in [2.45, 2.75) is 37.4 Å². The average Bonchev–Trinajstić information content (AvgIpc) is 2.38. The Labute approximate surface area is 71.4 Å². The fourth-order valence-corrected chi connectivity index (χ4v) is 3.01. The lowest BCUT2D eigenvalue weighted by molar-refractivity contribution is -0.140. The van der Waals surface area contributed by atoms with Crippen LogP contribution in [0.25, 0.3) is 0 Å². The summed E-state index contributed by atoms with van der Waals surface area (Å²) in [6.07, 6.45) is 3.73.